The zero-order chi connectivity index (χ0) is 16.5. The monoisotopic (exact) mass is 316 g/mol. The molecule has 0 fully saturated rings. The summed E-state index contributed by atoms with van der Waals surface area (Å²) >= 11 is 0. The van der Waals surface area contributed by atoms with E-state index in [9.17, 15) is 4.79 Å². The summed E-state index contributed by atoms with van der Waals surface area (Å²) < 4.78 is 7.18. The topological polar surface area (TPSA) is 43.6 Å². The van der Waals surface area contributed by atoms with Crippen molar-refractivity contribution in [3.8, 4) is 0 Å². The molecule has 4 rings (SSSR count). The van der Waals surface area contributed by atoms with Crippen molar-refractivity contribution < 1.29 is 9.53 Å². The highest BCUT2D eigenvalue weighted by molar-refractivity contribution is 6.07. The van der Waals surface area contributed by atoms with Crippen molar-refractivity contribution in [1.29, 1.82) is 0 Å². The van der Waals surface area contributed by atoms with E-state index in [-0.39, 0.29) is 0 Å². The summed E-state index contributed by atoms with van der Waals surface area (Å²) in [6.07, 6.45) is 3.85. The summed E-state index contributed by atoms with van der Waals surface area (Å²) in [5.74, 6) is -0.00772. The zero-order valence-electron chi connectivity index (χ0n) is 13.3. The smallest absolute Gasteiger partial charge is 0.363 e. The lowest BCUT2D eigenvalue weighted by molar-refractivity contribution is -0.130. The van der Waals surface area contributed by atoms with Crippen molar-refractivity contribution in [2.45, 2.75) is 13.5 Å². The number of aromatic nitrogens is 1. The minimum absolute atomic E-state index is 0.343. The van der Waals surface area contributed by atoms with Crippen LogP contribution < -0.4 is 0 Å². The Morgan fingerprint density at radius 1 is 1.08 bits per heavy atom. The molecule has 0 spiro atoms. The van der Waals surface area contributed by atoms with Gasteiger partial charge in [0, 0.05) is 36.1 Å². The van der Waals surface area contributed by atoms with Crippen molar-refractivity contribution in [2.75, 3.05) is 0 Å². The zero-order valence-corrected chi connectivity index (χ0v) is 13.3. The Labute approximate surface area is 139 Å². The fourth-order valence-corrected chi connectivity index (χ4v) is 2.96. The van der Waals surface area contributed by atoms with Gasteiger partial charge in [0.1, 0.15) is 0 Å². The van der Waals surface area contributed by atoms with Gasteiger partial charge < -0.3 is 9.30 Å². The maximum atomic E-state index is 11.8. The van der Waals surface area contributed by atoms with E-state index >= 15 is 0 Å². The number of aliphatic imine (C=N–C) groups is 1. The number of fused-ring (bicyclic) bond motifs is 1. The van der Waals surface area contributed by atoms with Gasteiger partial charge in [-0.05, 0) is 17.7 Å². The number of benzene rings is 2. The molecule has 0 saturated heterocycles. The molecule has 4 nitrogen and oxygen atoms in total. The highest BCUT2D eigenvalue weighted by Crippen LogP contribution is 2.26. The van der Waals surface area contributed by atoms with Gasteiger partial charge in [-0.1, -0.05) is 48.5 Å². The first-order valence-corrected chi connectivity index (χ1v) is 7.82. The summed E-state index contributed by atoms with van der Waals surface area (Å²) in [6, 6.07) is 18.5. The van der Waals surface area contributed by atoms with Crippen LogP contribution in [0.4, 0.5) is 0 Å². The van der Waals surface area contributed by atoms with Crippen molar-refractivity contribution >= 4 is 28.8 Å². The predicted molar refractivity (Wildman–Crippen MR) is 94.7 cm³/mol. The van der Waals surface area contributed by atoms with Crippen LogP contribution in [0.25, 0.3) is 17.0 Å². The second-order valence-electron chi connectivity index (χ2n) is 5.77. The lowest BCUT2D eigenvalue weighted by atomic mass is 10.1. The third-order valence-corrected chi connectivity index (χ3v) is 4.03. The maximum absolute atomic E-state index is 11.8. The molecule has 1 aliphatic heterocycles. The van der Waals surface area contributed by atoms with Gasteiger partial charge >= 0.3 is 5.97 Å². The van der Waals surface area contributed by atoms with Crippen LogP contribution in [-0.2, 0) is 16.1 Å². The first-order valence-electron chi connectivity index (χ1n) is 7.82. The van der Waals surface area contributed by atoms with Crippen LogP contribution in [0.2, 0.25) is 0 Å². The number of hydrogen-bond acceptors (Lipinski definition) is 3. The highest BCUT2D eigenvalue weighted by Gasteiger charge is 2.20. The summed E-state index contributed by atoms with van der Waals surface area (Å²) in [5.41, 5.74) is 3.66. The lowest BCUT2D eigenvalue weighted by Crippen LogP contribution is -1.99. The lowest BCUT2D eigenvalue weighted by Gasteiger charge is -2.05. The van der Waals surface area contributed by atoms with Crippen LogP contribution >= 0.6 is 0 Å². The van der Waals surface area contributed by atoms with Gasteiger partial charge in [0.25, 0.3) is 0 Å². The number of esters is 1. The summed E-state index contributed by atoms with van der Waals surface area (Å²) in [4.78, 5) is 16.0. The van der Waals surface area contributed by atoms with E-state index in [1.807, 2.05) is 30.3 Å². The summed E-state index contributed by atoms with van der Waals surface area (Å²) in [5, 5.41) is 1.09. The molecule has 4 heteroatoms. The molecule has 2 aromatic carbocycles. The molecule has 2 heterocycles. The van der Waals surface area contributed by atoms with E-state index in [0.717, 1.165) is 23.0 Å². The molecular weight excluding hydrogens is 300 g/mol. The van der Waals surface area contributed by atoms with E-state index in [0.29, 0.717) is 11.6 Å². The van der Waals surface area contributed by atoms with Crippen molar-refractivity contribution in [3.05, 3.63) is 77.6 Å². The third kappa shape index (κ3) is 2.63. The molecular formula is C20H16N2O2. The molecule has 0 amide bonds. The number of rotatable bonds is 3. The fourth-order valence-electron chi connectivity index (χ4n) is 2.96. The second-order valence-corrected chi connectivity index (χ2v) is 5.77. The molecule has 0 aliphatic carbocycles. The number of carbonyl (C=O) groups excluding carboxylic acids is 1. The van der Waals surface area contributed by atoms with Crippen LogP contribution in [0.15, 0.2) is 71.5 Å². The van der Waals surface area contributed by atoms with Crippen LogP contribution in [0.1, 0.15) is 18.1 Å². The molecule has 0 N–H and O–H groups in total. The number of cyclic esters (lactones) is 1. The first kappa shape index (κ1) is 14.5. The van der Waals surface area contributed by atoms with E-state index in [4.69, 9.17) is 4.74 Å². The van der Waals surface area contributed by atoms with Crippen molar-refractivity contribution in [3.63, 3.8) is 0 Å². The van der Waals surface area contributed by atoms with E-state index < -0.39 is 5.97 Å². The maximum Gasteiger partial charge on any atom is 0.363 e. The Balaban J connectivity index is 1.80. The summed E-state index contributed by atoms with van der Waals surface area (Å²) in [7, 11) is 0. The average molecular weight is 316 g/mol. The number of para-hydroxylation sites is 1. The number of ether oxygens (including phenoxy) is 1. The normalized spacial score (nSPS) is 15.8. The summed E-state index contributed by atoms with van der Waals surface area (Å²) in [6.45, 7) is 2.45. The Morgan fingerprint density at radius 3 is 2.58 bits per heavy atom. The second kappa shape index (κ2) is 5.81. The first-order chi connectivity index (χ1) is 11.7. The van der Waals surface area contributed by atoms with Crippen LogP contribution in [0, 0.1) is 0 Å². The molecule has 0 unspecified atom stereocenters. The number of hydrogen-bond donors (Lipinski definition) is 0. The van der Waals surface area contributed by atoms with Crippen molar-refractivity contribution in [2.24, 2.45) is 4.99 Å². The van der Waals surface area contributed by atoms with Gasteiger partial charge in [-0.2, -0.15) is 0 Å². The van der Waals surface area contributed by atoms with Crippen LogP contribution in [0.5, 0.6) is 0 Å². The molecule has 24 heavy (non-hydrogen) atoms. The van der Waals surface area contributed by atoms with Gasteiger partial charge in [0.15, 0.2) is 11.6 Å². The van der Waals surface area contributed by atoms with Crippen LogP contribution in [-0.4, -0.2) is 16.4 Å². The highest BCUT2D eigenvalue weighted by atomic mass is 16.6. The minimum atomic E-state index is -0.396. The Hall–Kier alpha value is -3.14. The molecule has 0 radical (unpaired) electrons. The molecule has 3 aromatic rings. The third-order valence-electron chi connectivity index (χ3n) is 4.03. The minimum Gasteiger partial charge on any atom is -0.407 e. The van der Waals surface area contributed by atoms with Crippen LogP contribution in [0.3, 0.4) is 0 Å². The molecule has 1 aliphatic rings. The largest absolute Gasteiger partial charge is 0.407 e. The van der Waals surface area contributed by atoms with Gasteiger partial charge in [0.05, 0.1) is 0 Å². The standard InChI is InChI=1S/C20H16N2O2/c1-14-21-18(20(23)24-14)11-16-13-22(12-15-7-3-2-4-8-15)19-10-6-5-9-17(16)19/h2-11,13H,12H2,1H3/b18-11+. The molecule has 1 aromatic heterocycles. The molecule has 0 atom stereocenters. The molecule has 0 bridgehead atoms. The van der Waals surface area contributed by atoms with E-state index in [1.54, 1.807) is 13.0 Å². The Kier molecular flexibility index (Phi) is 3.50. The SMILES string of the molecule is CC1=N/C(=C/c2cn(Cc3ccccc3)c3ccccc23)C(=O)O1. The van der Waals surface area contributed by atoms with Gasteiger partial charge in [0.2, 0.25) is 0 Å². The molecule has 0 saturated carbocycles. The Morgan fingerprint density at radius 2 is 1.83 bits per heavy atom. The average Bonchev–Trinajstić information content (AvgIpc) is 3.09. The van der Waals surface area contributed by atoms with Gasteiger partial charge in [-0.3, -0.25) is 0 Å². The van der Waals surface area contributed by atoms with Gasteiger partial charge in [-0.25, -0.2) is 9.79 Å². The number of nitrogens with zero attached hydrogens (tertiary/aromatic N) is 2. The van der Waals surface area contributed by atoms with Gasteiger partial charge in [-0.15, -0.1) is 0 Å². The predicted octanol–water partition coefficient (Wildman–Crippen LogP) is 4.01. The fraction of sp³-hybridized carbons (Fsp3) is 0.100. The quantitative estimate of drug-likeness (QED) is 0.541. The van der Waals surface area contributed by atoms with Crippen molar-refractivity contribution in [1.82, 2.24) is 4.57 Å². The number of carbonyl (C=O) groups is 1. The van der Waals surface area contributed by atoms with E-state index in [1.165, 1.54) is 5.56 Å². The van der Waals surface area contributed by atoms with E-state index in [2.05, 4.69) is 40.0 Å². The molecule has 118 valence electrons. The Bertz CT molecular complexity index is 981.